The van der Waals surface area contributed by atoms with Gasteiger partial charge in [-0.25, -0.2) is 0 Å². The third-order valence-corrected chi connectivity index (χ3v) is 3.76. The Labute approximate surface area is 111 Å². The van der Waals surface area contributed by atoms with Crippen LogP contribution >= 0.6 is 12.2 Å². The van der Waals surface area contributed by atoms with Crippen LogP contribution in [0.25, 0.3) is 0 Å². The first-order chi connectivity index (χ1) is 8.81. The van der Waals surface area contributed by atoms with Crippen LogP contribution in [0.15, 0.2) is 43.0 Å². The van der Waals surface area contributed by atoms with Crippen LogP contribution in [-0.2, 0) is 6.54 Å². The van der Waals surface area contributed by atoms with Gasteiger partial charge in [-0.1, -0.05) is 36.4 Å². The van der Waals surface area contributed by atoms with Crippen LogP contribution in [0.3, 0.4) is 0 Å². The quantitative estimate of drug-likeness (QED) is 0.673. The highest BCUT2D eigenvalue weighted by atomic mass is 32.1. The molecule has 18 heavy (non-hydrogen) atoms. The molecule has 3 nitrogen and oxygen atoms in total. The lowest BCUT2D eigenvalue weighted by atomic mass is 10.1. The monoisotopic (exact) mass is 257 g/mol. The molecule has 4 heteroatoms. The van der Waals surface area contributed by atoms with Crippen molar-refractivity contribution in [1.82, 2.24) is 14.8 Å². The highest BCUT2D eigenvalue weighted by molar-refractivity contribution is 7.71. The van der Waals surface area contributed by atoms with Gasteiger partial charge in [0.05, 0.1) is 0 Å². The average molecular weight is 257 g/mol. The van der Waals surface area contributed by atoms with Crippen molar-refractivity contribution < 1.29 is 0 Å². The summed E-state index contributed by atoms with van der Waals surface area (Å²) in [6, 6.07) is 10.6. The molecule has 1 aliphatic rings. The largest absolute Gasteiger partial charge is 0.300 e. The van der Waals surface area contributed by atoms with E-state index in [1.807, 2.05) is 10.6 Å². The zero-order valence-corrected chi connectivity index (χ0v) is 10.9. The first-order valence-electron chi connectivity index (χ1n) is 6.12. The lowest BCUT2D eigenvalue weighted by Crippen LogP contribution is -2.01. The SMILES string of the molecule is C=CCn1c([C@H]2C[C@@H]2c2ccccc2)n[nH]c1=S. The number of hydrogen-bond donors (Lipinski definition) is 1. The summed E-state index contributed by atoms with van der Waals surface area (Å²) in [5.41, 5.74) is 1.39. The minimum absolute atomic E-state index is 0.486. The summed E-state index contributed by atoms with van der Waals surface area (Å²) in [5.74, 6) is 2.13. The Morgan fingerprint density at radius 3 is 2.89 bits per heavy atom. The first kappa shape index (κ1) is 11.4. The van der Waals surface area contributed by atoms with Crippen molar-refractivity contribution in [3.8, 4) is 0 Å². The number of H-pyrrole nitrogens is 1. The maximum absolute atomic E-state index is 5.24. The van der Waals surface area contributed by atoms with Gasteiger partial charge < -0.3 is 4.57 Å². The van der Waals surface area contributed by atoms with Crippen LogP contribution in [0.2, 0.25) is 0 Å². The van der Waals surface area contributed by atoms with Crippen LogP contribution in [0.5, 0.6) is 0 Å². The Kier molecular flexibility index (Phi) is 2.88. The van der Waals surface area contributed by atoms with Gasteiger partial charge >= 0.3 is 0 Å². The van der Waals surface area contributed by atoms with E-state index in [0.717, 1.165) is 18.8 Å². The zero-order chi connectivity index (χ0) is 12.5. The van der Waals surface area contributed by atoms with E-state index in [9.17, 15) is 0 Å². The van der Waals surface area contributed by atoms with Crippen molar-refractivity contribution in [1.29, 1.82) is 0 Å². The molecule has 1 heterocycles. The Bertz CT molecular complexity index is 611. The summed E-state index contributed by atoms with van der Waals surface area (Å²) in [6.45, 7) is 4.49. The summed E-state index contributed by atoms with van der Waals surface area (Å²) in [4.78, 5) is 0. The Hall–Kier alpha value is -1.68. The van der Waals surface area contributed by atoms with Gasteiger partial charge in [-0.05, 0) is 30.1 Å². The number of aromatic amines is 1. The molecule has 2 aromatic rings. The second kappa shape index (κ2) is 4.53. The fourth-order valence-corrected chi connectivity index (χ4v) is 2.68. The molecule has 1 aromatic heterocycles. The fraction of sp³-hybridized carbons (Fsp3) is 0.286. The molecule has 3 rings (SSSR count). The first-order valence-corrected chi connectivity index (χ1v) is 6.53. The minimum atomic E-state index is 0.486. The van der Waals surface area contributed by atoms with E-state index in [1.54, 1.807) is 0 Å². The summed E-state index contributed by atoms with van der Waals surface area (Å²) in [7, 11) is 0. The topological polar surface area (TPSA) is 33.6 Å². The summed E-state index contributed by atoms with van der Waals surface area (Å²) in [6.07, 6.45) is 3.01. The molecule has 0 aliphatic heterocycles. The van der Waals surface area contributed by atoms with Gasteiger partial charge in [0, 0.05) is 12.5 Å². The van der Waals surface area contributed by atoms with Crippen molar-refractivity contribution in [2.75, 3.05) is 0 Å². The van der Waals surface area contributed by atoms with Crippen molar-refractivity contribution in [3.63, 3.8) is 0 Å². The fourth-order valence-electron chi connectivity index (χ4n) is 2.47. The third-order valence-electron chi connectivity index (χ3n) is 3.45. The summed E-state index contributed by atoms with van der Waals surface area (Å²) < 4.78 is 2.72. The number of hydrogen-bond acceptors (Lipinski definition) is 2. The Balaban J connectivity index is 1.87. The molecule has 0 unspecified atom stereocenters. The van der Waals surface area contributed by atoms with Gasteiger partial charge in [0.15, 0.2) is 4.77 Å². The van der Waals surface area contributed by atoms with E-state index < -0.39 is 0 Å². The van der Waals surface area contributed by atoms with E-state index in [-0.39, 0.29) is 0 Å². The van der Waals surface area contributed by atoms with Crippen molar-refractivity contribution in [3.05, 3.63) is 59.1 Å². The van der Waals surface area contributed by atoms with E-state index in [1.165, 1.54) is 5.56 Å². The van der Waals surface area contributed by atoms with E-state index in [2.05, 4.69) is 47.1 Å². The third kappa shape index (κ3) is 1.93. The van der Waals surface area contributed by atoms with Crippen molar-refractivity contribution in [2.45, 2.75) is 24.8 Å². The Morgan fingerprint density at radius 2 is 2.17 bits per heavy atom. The molecule has 0 saturated heterocycles. The van der Waals surface area contributed by atoms with E-state index in [4.69, 9.17) is 12.2 Å². The van der Waals surface area contributed by atoms with Crippen molar-refractivity contribution in [2.24, 2.45) is 0 Å². The standard InChI is InChI=1S/C14H15N3S/c1-2-8-17-13(15-16-14(17)18)12-9-11(12)10-6-4-3-5-7-10/h2-7,11-12H,1,8-9H2,(H,16,18)/t11-,12+/m1/s1. The Morgan fingerprint density at radius 1 is 1.39 bits per heavy atom. The number of aromatic nitrogens is 3. The highest BCUT2D eigenvalue weighted by Gasteiger charge is 2.42. The smallest absolute Gasteiger partial charge is 0.195 e. The number of allylic oxidation sites excluding steroid dienone is 1. The van der Waals surface area contributed by atoms with Crippen LogP contribution in [0.4, 0.5) is 0 Å². The molecule has 0 spiro atoms. The molecule has 0 radical (unpaired) electrons. The van der Waals surface area contributed by atoms with Crippen LogP contribution in [0.1, 0.15) is 29.6 Å². The molecule has 0 bridgehead atoms. The zero-order valence-electron chi connectivity index (χ0n) is 10.0. The van der Waals surface area contributed by atoms with Gasteiger partial charge in [-0.3, -0.25) is 5.10 Å². The normalized spacial score (nSPS) is 21.8. The number of nitrogens with one attached hydrogen (secondary N) is 1. The molecular weight excluding hydrogens is 242 g/mol. The van der Waals surface area contributed by atoms with Gasteiger partial charge in [-0.2, -0.15) is 5.10 Å². The maximum Gasteiger partial charge on any atom is 0.195 e. The molecular formula is C14H15N3S. The lowest BCUT2D eigenvalue weighted by molar-refractivity contribution is 0.727. The molecule has 1 N–H and O–H groups in total. The molecule has 1 aliphatic carbocycles. The molecule has 0 amide bonds. The van der Waals surface area contributed by atoms with E-state index in [0.29, 0.717) is 16.6 Å². The number of benzene rings is 1. The van der Waals surface area contributed by atoms with Crippen LogP contribution in [0, 0.1) is 4.77 Å². The molecule has 92 valence electrons. The second-order valence-electron chi connectivity index (χ2n) is 4.65. The second-order valence-corrected chi connectivity index (χ2v) is 5.03. The summed E-state index contributed by atoms with van der Waals surface area (Å²) in [5, 5.41) is 7.25. The number of rotatable bonds is 4. The van der Waals surface area contributed by atoms with Crippen molar-refractivity contribution >= 4 is 12.2 Å². The molecule has 1 aromatic carbocycles. The van der Waals surface area contributed by atoms with E-state index >= 15 is 0 Å². The lowest BCUT2D eigenvalue weighted by Gasteiger charge is -2.03. The van der Waals surface area contributed by atoms with Gasteiger partial charge in [0.1, 0.15) is 5.82 Å². The number of nitrogens with zero attached hydrogens (tertiary/aromatic N) is 2. The van der Waals surface area contributed by atoms with Gasteiger partial charge in [0.2, 0.25) is 0 Å². The predicted molar refractivity (Wildman–Crippen MR) is 74.1 cm³/mol. The van der Waals surface area contributed by atoms with Crippen LogP contribution < -0.4 is 0 Å². The highest BCUT2D eigenvalue weighted by Crippen LogP contribution is 2.53. The maximum atomic E-state index is 5.24. The van der Waals surface area contributed by atoms with Gasteiger partial charge in [0.25, 0.3) is 0 Å². The summed E-state index contributed by atoms with van der Waals surface area (Å²) >= 11 is 5.24. The molecule has 1 fully saturated rings. The average Bonchev–Trinajstić information content (AvgIpc) is 3.12. The molecule has 2 atom stereocenters. The van der Waals surface area contributed by atoms with Gasteiger partial charge in [-0.15, -0.1) is 6.58 Å². The van der Waals surface area contributed by atoms with Crippen LogP contribution in [-0.4, -0.2) is 14.8 Å². The molecule has 1 saturated carbocycles. The minimum Gasteiger partial charge on any atom is -0.300 e. The predicted octanol–water partition coefficient (Wildman–Crippen LogP) is 3.40.